The van der Waals surface area contributed by atoms with Crippen LogP contribution in [0.15, 0.2) is 18.2 Å². The Balaban J connectivity index is 2.15. The third-order valence-electron chi connectivity index (χ3n) is 3.84. The molecule has 0 saturated carbocycles. The molecule has 1 aromatic rings. The van der Waals surface area contributed by atoms with E-state index in [1.54, 1.807) is 25.7 Å². The van der Waals surface area contributed by atoms with Crippen molar-refractivity contribution in [2.75, 3.05) is 31.1 Å². The van der Waals surface area contributed by atoms with Gasteiger partial charge in [-0.1, -0.05) is 0 Å². The number of hydrazine groups is 1. The lowest BCUT2D eigenvalue weighted by Gasteiger charge is -2.37. The molecule has 1 aromatic carbocycles. The third-order valence-corrected chi connectivity index (χ3v) is 3.84. The van der Waals surface area contributed by atoms with E-state index in [0.717, 1.165) is 0 Å². The largest absolute Gasteiger partial charge is 0.444 e. The van der Waals surface area contributed by atoms with Crippen LogP contribution in [0.2, 0.25) is 0 Å². The number of hydrogen-bond acceptors (Lipinski definition) is 7. The van der Waals surface area contributed by atoms with Crippen molar-refractivity contribution in [3.05, 3.63) is 33.9 Å². The number of anilines is 1. The summed E-state index contributed by atoms with van der Waals surface area (Å²) >= 11 is 0. The van der Waals surface area contributed by atoms with E-state index >= 15 is 0 Å². The number of benzene rings is 1. The Labute approximate surface area is 151 Å². The highest BCUT2D eigenvalue weighted by molar-refractivity contribution is 6.00. The van der Waals surface area contributed by atoms with Crippen LogP contribution >= 0.6 is 0 Å². The average molecular weight is 365 g/mol. The molecular formula is C16H23N5O5. The van der Waals surface area contributed by atoms with E-state index in [1.807, 2.05) is 10.3 Å². The smallest absolute Gasteiger partial charge is 0.410 e. The van der Waals surface area contributed by atoms with Crippen LogP contribution in [0.1, 0.15) is 31.1 Å². The summed E-state index contributed by atoms with van der Waals surface area (Å²) in [6.45, 7) is 7.15. The summed E-state index contributed by atoms with van der Waals surface area (Å²) in [7, 11) is 0. The van der Waals surface area contributed by atoms with Gasteiger partial charge in [0.05, 0.1) is 16.2 Å². The number of carbonyl (C=O) groups is 2. The maximum atomic E-state index is 12.1. The first kappa shape index (κ1) is 19.4. The standard InChI is InChI=1S/C16H23N5O5/c1-16(2,3)26-15(23)20-8-6-19(7-9-20)13-5-4-11(21(24)25)10-12(13)14(22)18-17/h4-5,10H,6-9,17H2,1-3H3,(H,18,22). The minimum Gasteiger partial charge on any atom is -0.444 e. The Morgan fingerprint density at radius 1 is 1.23 bits per heavy atom. The van der Waals surface area contributed by atoms with Gasteiger partial charge in [-0.3, -0.25) is 20.3 Å². The van der Waals surface area contributed by atoms with E-state index in [0.29, 0.717) is 31.9 Å². The van der Waals surface area contributed by atoms with Gasteiger partial charge in [0.2, 0.25) is 0 Å². The molecular weight excluding hydrogens is 342 g/mol. The number of nitrogens with two attached hydrogens (primary N) is 1. The second-order valence-corrected chi connectivity index (χ2v) is 6.89. The number of amides is 2. The van der Waals surface area contributed by atoms with Crippen molar-refractivity contribution in [1.82, 2.24) is 10.3 Å². The lowest BCUT2D eigenvalue weighted by molar-refractivity contribution is -0.384. The van der Waals surface area contributed by atoms with Gasteiger partial charge < -0.3 is 14.5 Å². The monoisotopic (exact) mass is 365 g/mol. The van der Waals surface area contributed by atoms with E-state index in [2.05, 4.69) is 0 Å². The number of nitro groups is 1. The molecule has 0 aromatic heterocycles. The lowest BCUT2D eigenvalue weighted by atomic mass is 10.1. The summed E-state index contributed by atoms with van der Waals surface area (Å²) in [5.74, 6) is 4.58. The van der Waals surface area contributed by atoms with Crippen molar-refractivity contribution in [3.8, 4) is 0 Å². The van der Waals surface area contributed by atoms with Gasteiger partial charge in [0.25, 0.3) is 11.6 Å². The topological polar surface area (TPSA) is 131 Å². The maximum absolute atomic E-state index is 12.1. The predicted molar refractivity (Wildman–Crippen MR) is 94.8 cm³/mol. The zero-order valence-electron chi connectivity index (χ0n) is 15.0. The van der Waals surface area contributed by atoms with Gasteiger partial charge in [-0.05, 0) is 26.8 Å². The Morgan fingerprint density at radius 3 is 2.35 bits per heavy atom. The first-order valence-electron chi connectivity index (χ1n) is 8.14. The Kier molecular flexibility index (Phi) is 5.66. The van der Waals surface area contributed by atoms with E-state index in [-0.39, 0.29) is 17.3 Å². The molecule has 0 spiro atoms. The molecule has 1 fully saturated rings. The first-order chi connectivity index (χ1) is 12.1. The molecule has 2 amide bonds. The molecule has 1 saturated heterocycles. The SMILES string of the molecule is CC(C)(C)OC(=O)N1CCN(c2ccc([N+](=O)[O-])cc2C(=O)NN)CC1. The highest BCUT2D eigenvalue weighted by Crippen LogP contribution is 2.27. The minimum absolute atomic E-state index is 0.118. The van der Waals surface area contributed by atoms with Crippen molar-refractivity contribution in [2.45, 2.75) is 26.4 Å². The quantitative estimate of drug-likeness (QED) is 0.357. The summed E-state index contributed by atoms with van der Waals surface area (Å²) in [5, 5.41) is 11.0. The normalized spacial score (nSPS) is 14.8. The molecule has 1 heterocycles. The van der Waals surface area contributed by atoms with E-state index in [1.165, 1.54) is 18.2 Å². The van der Waals surface area contributed by atoms with Gasteiger partial charge in [0.1, 0.15) is 5.60 Å². The highest BCUT2D eigenvalue weighted by Gasteiger charge is 2.28. The number of piperazine rings is 1. The molecule has 10 nitrogen and oxygen atoms in total. The Hall–Kier alpha value is -2.88. The third kappa shape index (κ3) is 4.60. The van der Waals surface area contributed by atoms with Crippen LogP contribution in [0, 0.1) is 10.1 Å². The van der Waals surface area contributed by atoms with Gasteiger partial charge in [0, 0.05) is 38.3 Å². The summed E-state index contributed by atoms with van der Waals surface area (Å²) in [5.41, 5.74) is 1.89. The number of nitro benzene ring substituents is 1. The van der Waals surface area contributed by atoms with Crippen LogP contribution in [-0.2, 0) is 4.74 Å². The first-order valence-corrected chi connectivity index (χ1v) is 8.14. The number of nitrogens with zero attached hydrogens (tertiary/aromatic N) is 3. The fraction of sp³-hybridized carbons (Fsp3) is 0.500. The van der Waals surface area contributed by atoms with Crippen LogP contribution in [0.4, 0.5) is 16.2 Å². The number of nitrogen functional groups attached to an aromatic ring is 1. The van der Waals surface area contributed by atoms with Crippen LogP contribution in [0.5, 0.6) is 0 Å². The number of hydrogen-bond donors (Lipinski definition) is 2. The number of carbonyl (C=O) groups excluding carboxylic acids is 2. The zero-order chi connectivity index (χ0) is 19.5. The summed E-state index contributed by atoms with van der Waals surface area (Å²) in [6.07, 6.45) is -0.388. The molecule has 0 aliphatic carbocycles. The van der Waals surface area contributed by atoms with Gasteiger partial charge >= 0.3 is 6.09 Å². The fourth-order valence-corrected chi connectivity index (χ4v) is 2.63. The van der Waals surface area contributed by atoms with Crippen LogP contribution < -0.4 is 16.2 Å². The van der Waals surface area contributed by atoms with Gasteiger partial charge in [-0.2, -0.15) is 0 Å². The second kappa shape index (κ2) is 7.56. The van der Waals surface area contributed by atoms with Crippen LogP contribution in [0.3, 0.4) is 0 Å². The Morgan fingerprint density at radius 2 is 1.85 bits per heavy atom. The molecule has 10 heteroatoms. The molecule has 0 atom stereocenters. The number of rotatable bonds is 3. The van der Waals surface area contributed by atoms with Gasteiger partial charge in [0.15, 0.2) is 0 Å². The van der Waals surface area contributed by atoms with E-state index in [9.17, 15) is 19.7 Å². The molecule has 1 aliphatic rings. The summed E-state index contributed by atoms with van der Waals surface area (Å²) in [4.78, 5) is 38.0. The van der Waals surface area contributed by atoms with Crippen LogP contribution in [-0.4, -0.2) is 53.6 Å². The minimum atomic E-state index is -0.613. The van der Waals surface area contributed by atoms with Crippen molar-refractivity contribution in [1.29, 1.82) is 0 Å². The molecule has 2 rings (SSSR count). The molecule has 3 N–H and O–H groups in total. The molecule has 26 heavy (non-hydrogen) atoms. The van der Waals surface area contributed by atoms with E-state index in [4.69, 9.17) is 10.6 Å². The molecule has 0 unspecified atom stereocenters. The van der Waals surface area contributed by atoms with Gasteiger partial charge in [-0.15, -0.1) is 0 Å². The molecule has 0 radical (unpaired) electrons. The number of non-ortho nitro benzene ring substituents is 1. The summed E-state index contributed by atoms with van der Waals surface area (Å²) < 4.78 is 5.35. The lowest BCUT2D eigenvalue weighted by Crippen LogP contribution is -2.50. The molecule has 142 valence electrons. The zero-order valence-corrected chi connectivity index (χ0v) is 15.0. The number of ether oxygens (including phenoxy) is 1. The average Bonchev–Trinajstić information content (AvgIpc) is 2.59. The predicted octanol–water partition coefficient (Wildman–Crippen LogP) is 1.26. The van der Waals surface area contributed by atoms with E-state index < -0.39 is 16.4 Å². The van der Waals surface area contributed by atoms with Gasteiger partial charge in [-0.25, -0.2) is 10.6 Å². The van der Waals surface area contributed by atoms with Crippen molar-refractivity contribution >= 4 is 23.4 Å². The Bertz CT molecular complexity index is 707. The maximum Gasteiger partial charge on any atom is 0.410 e. The second-order valence-electron chi connectivity index (χ2n) is 6.89. The molecule has 0 bridgehead atoms. The highest BCUT2D eigenvalue weighted by atomic mass is 16.6. The van der Waals surface area contributed by atoms with Crippen molar-refractivity contribution in [2.24, 2.45) is 5.84 Å². The van der Waals surface area contributed by atoms with Crippen molar-refractivity contribution < 1.29 is 19.2 Å². The molecule has 1 aliphatic heterocycles. The van der Waals surface area contributed by atoms with Crippen molar-refractivity contribution in [3.63, 3.8) is 0 Å². The summed E-state index contributed by atoms with van der Waals surface area (Å²) in [6, 6.07) is 4.05. The number of nitrogens with one attached hydrogen (secondary N) is 1. The van der Waals surface area contributed by atoms with Crippen LogP contribution in [0.25, 0.3) is 0 Å². The fourth-order valence-electron chi connectivity index (χ4n) is 2.63.